The molecule has 0 aliphatic carbocycles. The number of carbonyl (C=O) groups is 1. The number of halogens is 1. The Morgan fingerprint density at radius 1 is 1.57 bits per heavy atom. The van der Waals surface area contributed by atoms with Crippen molar-refractivity contribution in [3.05, 3.63) is 38.9 Å². The maximum Gasteiger partial charge on any atom is 0.283 e. The Hall–Kier alpha value is -1.66. The van der Waals surface area contributed by atoms with Gasteiger partial charge in [0, 0.05) is 17.6 Å². The zero-order valence-corrected chi connectivity index (χ0v) is 12.4. The van der Waals surface area contributed by atoms with Gasteiger partial charge in [0.15, 0.2) is 0 Å². The zero-order valence-electron chi connectivity index (χ0n) is 11.7. The SMILES string of the molecule is CC1CCCN(C(=O)c2ccc(Cl)cc2[N+](=O)[O-])C1CO. The minimum atomic E-state index is -0.611. The summed E-state index contributed by atoms with van der Waals surface area (Å²) in [6.45, 7) is 2.32. The van der Waals surface area contributed by atoms with Crippen LogP contribution in [0, 0.1) is 16.0 Å². The molecule has 0 bridgehead atoms. The van der Waals surface area contributed by atoms with Crippen molar-refractivity contribution in [2.45, 2.75) is 25.8 Å². The summed E-state index contributed by atoms with van der Waals surface area (Å²) in [4.78, 5) is 24.6. The fourth-order valence-corrected chi connectivity index (χ4v) is 2.94. The smallest absolute Gasteiger partial charge is 0.283 e. The van der Waals surface area contributed by atoms with Crippen molar-refractivity contribution in [3.8, 4) is 0 Å². The Labute approximate surface area is 127 Å². The molecule has 1 heterocycles. The molecule has 1 fully saturated rings. The third kappa shape index (κ3) is 3.16. The standard InChI is InChI=1S/C14H17ClN2O4/c1-9-3-2-6-16(13(9)8-18)14(19)11-5-4-10(15)7-12(11)17(20)21/h4-5,7,9,13,18H,2-3,6,8H2,1H3. The minimum absolute atomic E-state index is 0.0111. The van der Waals surface area contributed by atoms with Gasteiger partial charge in [-0.3, -0.25) is 14.9 Å². The molecule has 1 N–H and O–H groups in total. The molecule has 7 heteroatoms. The number of nitrogens with zero attached hydrogens (tertiary/aromatic N) is 2. The van der Waals surface area contributed by atoms with E-state index >= 15 is 0 Å². The van der Waals surface area contributed by atoms with E-state index in [9.17, 15) is 20.0 Å². The van der Waals surface area contributed by atoms with Crippen LogP contribution in [-0.4, -0.2) is 40.0 Å². The third-order valence-electron chi connectivity index (χ3n) is 3.95. The molecule has 1 saturated heterocycles. The van der Waals surface area contributed by atoms with Gasteiger partial charge in [-0.15, -0.1) is 0 Å². The van der Waals surface area contributed by atoms with Crippen LogP contribution in [0.3, 0.4) is 0 Å². The molecular formula is C14H17ClN2O4. The van der Waals surface area contributed by atoms with Crippen molar-refractivity contribution in [1.29, 1.82) is 0 Å². The number of benzene rings is 1. The maximum absolute atomic E-state index is 12.6. The largest absolute Gasteiger partial charge is 0.394 e. The van der Waals surface area contributed by atoms with Crippen molar-refractivity contribution in [3.63, 3.8) is 0 Å². The predicted octanol–water partition coefficient (Wildman–Crippen LogP) is 2.48. The van der Waals surface area contributed by atoms with Gasteiger partial charge in [0.1, 0.15) is 5.56 Å². The lowest BCUT2D eigenvalue weighted by Gasteiger charge is -2.39. The molecule has 21 heavy (non-hydrogen) atoms. The molecule has 0 radical (unpaired) electrons. The maximum atomic E-state index is 12.6. The van der Waals surface area contributed by atoms with Gasteiger partial charge >= 0.3 is 0 Å². The van der Waals surface area contributed by atoms with Crippen LogP contribution in [0.4, 0.5) is 5.69 Å². The van der Waals surface area contributed by atoms with Gasteiger partial charge in [-0.25, -0.2) is 0 Å². The number of piperidine rings is 1. The lowest BCUT2D eigenvalue weighted by molar-refractivity contribution is -0.385. The quantitative estimate of drug-likeness (QED) is 0.686. The number of aliphatic hydroxyl groups is 1. The Bertz CT molecular complexity index is 564. The number of nitro benzene ring substituents is 1. The normalized spacial score (nSPS) is 22.1. The molecule has 2 unspecified atom stereocenters. The fraction of sp³-hybridized carbons (Fsp3) is 0.500. The molecule has 2 atom stereocenters. The van der Waals surface area contributed by atoms with E-state index in [0.717, 1.165) is 12.8 Å². The summed E-state index contributed by atoms with van der Waals surface area (Å²) in [5, 5.41) is 20.8. The Balaban J connectivity index is 2.37. The van der Waals surface area contributed by atoms with E-state index < -0.39 is 10.8 Å². The number of likely N-dealkylation sites (tertiary alicyclic amines) is 1. The lowest BCUT2D eigenvalue weighted by Crippen LogP contribution is -2.49. The molecule has 1 aliphatic rings. The van der Waals surface area contributed by atoms with E-state index in [0.29, 0.717) is 6.54 Å². The Kier molecular flexibility index (Phi) is 4.80. The number of nitro groups is 1. The summed E-state index contributed by atoms with van der Waals surface area (Å²) in [5.41, 5.74) is -0.292. The van der Waals surface area contributed by atoms with Gasteiger partial charge in [-0.1, -0.05) is 18.5 Å². The second kappa shape index (κ2) is 6.41. The second-order valence-electron chi connectivity index (χ2n) is 5.29. The van der Waals surface area contributed by atoms with Gasteiger partial charge in [-0.05, 0) is 30.9 Å². The van der Waals surface area contributed by atoms with E-state index in [-0.39, 0.29) is 34.8 Å². The van der Waals surface area contributed by atoms with Crippen molar-refractivity contribution in [2.24, 2.45) is 5.92 Å². The van der Waals surface area contributed by atoms with Crippen LogP contribution in [0.1, 0.15) is 30.1 Å². The topological polar surface area (TPSA) is 83.7 Å². The zero-order chi connectivity index (χ0) is 15.6. The molecule has 2 rings (SSSR count). The number of amides is 1. The van der Waals surface area contributed by atoms with Crippen LogP contribution in [-0.2, 0) is 0 Å². The summed E-state index contributed by atoms with van der Waals surface area (Å²) in [6, 6.07) is 3.71. The molecule has 0 aromatic heterocycles. The number of hydrogen-bond donors (Lipinski definition) is 1. The molecular weight excluding hydrogens is 296 g/mol. The lowest BCUT2D eigenvalue weighted by atomic mass is 9.90. The monoisotopic (exact) mass is 312 g/mol. The molecule has 1 aromatic carbocycles. The number of rotatable bonds is 3. The van der Waals surface area contributed by atoms with Crippen molar-refractivity contribution in [2.75, 3.05) is 13.2 Å². The van der Waals surface area contributed by atoms with Crippen LogP contribution in [0.5, 0.6) is 0 Å². The average Bonchev–Trinajstić information content (AvgIpc) is 2.46. The third-order valence-corrected chi connectivity index (χ3v) is 4.19. The number of aliphatic hydroxyl groups excluding tert-OH is 1. The van der Waals surface area contributed by atoms with E-state index in [1.54, 1.807) is 0 Å². The van der Waals surface area contributed by atoms with Crippen molar-refractivity contribution < 1.29 is 14.8 Å². The van der Waals surface area contributed by atoms with Crippen LogP contribution in [0.25, 0.3) is 0 Å². The summed E-state index contributed by atoms with van der Waals surface area (Å²) in [6.07, 6.45) is 1.75. The van der Waals surface area contributed by atoms with Crippen LogP contribution in [0.2, 0.25) is 5.02 Å². The first-order valence-corrected chi connectivity index (χ1v) is 7.19. The Morgan fingerprint density at radius 2 is 2.29 bits per heavy atom. The van der Waals surface area contributed by atoms with E-state index in [1.165, 1.54) is 23.1 Å². The van der Waals surface area contributed by atoms with Gasteiger partial charge < -0.3 is 10.0 Å². The number of hydrogen-bond acceptors (Lipinski definition) is 4. The fourth-order valence-electron chi connectivity index (χ4n) is 2.77. The van der Waals surface area contributed by atoms with Gasteiger partial charge in [0.05, 0.1) is 17.6 Å². The van der Waals surface area contributed by atoms with Crippen LogP contribution >= 0.6 is 11.6 Å². The predicted molar refractivity (Wildman–Crippen MR) is 78.4 cm³/mol. The first kappa shape index (κ1) is 15.7. The first-order valence-electron chi connectivity index (χ1n) is 6.81. The highest BCUT2D eigenvalue weighted by Crippen LogP contribution is 2.29. The molecule has 114 valence electrons. The molecule has 0 saturated carbocycles. The summed E-state index contributed by atoms with van der Waals surface area (Å²) in [7, 11) is 0. The number of carbonyl (C=O) groups excluding carboxylic acids is 1. The van der Waals surface area contributed by atoms with Crippen LogP contribution in [0.15, 0.2) is 18.2 Å². The van der Waals surface area contributed by atoms with Gasteiger partial charge in [-0.2, -0.15) is 0 Å². The highest BCUT2D eigenvalue weighted by atomic mass is 35.5. The van der Waals surface area contributed by atoms with Gasteiger partial charge in [0.2, 0.25) is 0 Å². The van der Waals surface area contributed by atoms with E-state index in [4.69, 9.17) is 11.6 Å². The molecule has 1 aliphatic heterocycles. The van der Waals surface area contributed by atoms with Crippen molar-refractivity contribution in [1.82, 2.24) is 4.90 Å². The highest BCUT2D eigenvalue weighted by molar-refractivity contribution is 6.31. The first-order chi connectivity index (χ1) is 9.95. The second-order valence-corrected chi connectivity index (χ2v) is 5.72. The Morgan fingerprint density at radius 3 is 2.90 bits per heavy atom. The minimum Gasteiger partial charge on any atom is -0.394 e. The molecule has 6 nitrogen and oxygen atoms in total. The van der Waals surface area contributed by atoms with Crippen molar-refractivity contribution >= 4 is 23.2 Å². The van der Waals surface area contributed by atoms with E-state index in [1.807, 2.05) is 6.92 Å². The summed E-state index contributed by atoms with van der Waals surface area (Å²) < 4.78 is 0. The van der Waals surface area contributed by atoms with E-state index in [2.05, 4.69) is 0 Å². The highest BCUT2D eigenvalue weighted by Gasteiger charge is 2.34. The molecule has 1 amide bonds. The summed E-state index contributed by atoms with van der Waals surface area (Å²) in [5.74, 6) is -0.261. The summed E-state index contributed by atoms with van der Waals surface area (Å²) >= 11 is 5.76. The van der Waals surface area contributed by atoms with Crippen LogP contribution < -0.4 is 0 Å². The molecule has 0 spiro atoms. The van der Waals surface area contributed by atoms with Gasteiger partial charge in [0.25, 0.3) is 11.6 Å². The molecule has 1 aromatic rings. The average molecular weight is 313 g/mol.